The monoisotopic (exact) mass is 461 g/mol. The van der Waals surface area contributed by atoms with E-state index in [4.69, 9.17) is 9.47 Å². The Bertz CT molecular complexity index is 1030. The Morgan fingerprint density at radius 3 is 2.61 bits per heavy atom. The third-order valence-corrected chi connectivity index (χ3v) is 5.62. The van der Waals surface area contributed by atoms with Gasteiger partial charge in [0.1, 0.15) is 5.75 Å². The van der Waals surface area contributed by atoms with Crippen LogP contribution in [-0.4, -0.2) is 36.3 Å². The summed E-state index contributed by atoms with van der Waals surface area (Å²) in [6, 6.07) is 13.0. The van der Waals surface area contributed by atoms with Crippen molar-refractivity contribution in [2.75, 3.05) is 30.1 Å². The lowest BCUT2D eigenvalue weighted by Gasteiger charge is -2.06. The number of halogens is 1. The molecule has 0 radical (unpaired) electrons. The van der Waals surface area contributed by atoms with Gasteiger partial charge < -0.3 is 14.8 Å². The molecule has 1 aromatic heterocycles. The average molecular weight is 462 g/mol. The van der Waals surface area contributed by atoms with Crippen molar-refractivity contribution in [1.82, 2.24) is 4.98 Å². The number of hydrogen-bond donors (Lipinski definition) is 2. The quantitative estimate of drug-likeness (QED) is 0.471. The summed E-state index contributed by atoms with van der Waals surface area (Å²) < 4.78 is 23.7. The van der Waals surface area contributed by atoms with Crippen LogP contribution < -0.4 is 20.1 Å². The Morgan fingerprint density at radius 1 is 1.10 bits per heavy atom. The molecule has 0 aliphatic rings. The van der Waals surface area contributed by atoms with Gasteiger partial charge in [-0.05, 0) is 36.4 Å². The molecule has 2 amide bonds. The Kier molecular flexibility index (Phi) is 8.25. The molecule has 2 N–H and O–H groups in total. The van der Waals surface area contributed by atoms with Gasteiger partial charge in [0.2, 0.25) is 5.91 Å². The zero-order chi connectivity index (χ0) is 22.1. The minimum Gasteiger partial charge on any atom is -0.497 e. The van der Waals surface area contributed by atoms with Gasteiger partial charge in [0.15, 0.2) is 23.3 Å². The summed E-state index contributed by atoms with van der Waals surface area (Å²) >= 11 is 2.68. The van der Waals surface area contributed by atoms with Gasteiger partial charge in [-0.2, -0.15) is 0 Å². The number of benzene rings is 2. The molecule has 0 fully saturated rings. The van der Waals surface area contributed by atoms with E-state index in [0.717, 1.165) is 11.4 Å². The minimum atomic E-state index is -0.528. The molecule has 7 nitrogen and oxygen atoms in total. The molecule has 3 aromatic rings. The number of ether oxygens (including phenoxy) is 2. The first kappa shape index (κ1) is 22.6. The number of para-hydroxylation sites is 1. The molecule has 2 aromatic carbocycles. The molecule has 0 aliphatic carbocycles. The third kappa shape index (κ3) is 7.26. The molecule has 0 unspecified atom stereocenters. The molecular weight excluding hydrogens is 441 g/mol. The Labute approximate surface area is 187 Å². The van der Waals surface area contributed by atoms with Crippen LogP contribution in [0, 0.1) is 5.82 Å². The number of thioether (sulfide) groups is 1. The van der Waals surface area contributed by atoms with E-state index in [9.17, 15) is 14.0 Å². The Morgan fingerprint density at radius 2 is 1.87 bits per heavy atom. The first-order valence-electron chi connectivity index (χ1n) is 9.16. The number of methoxy groups -OCH3 is 1. The number of carbonyl (C=O) groups is 2. The first-order chi connectivity index (χ1) is 15.0. The van der Waals surface area contributed by atoms with Gasteiger partial charge in [-0.15, -0.1) is 23.1 Å². The summed E-state index contributed by atoms with van der Waals surface area (Å²) in [6.45, 7) is -0.323. The zero-order valence-electron chi connectivity index (χ0n) is 16.6. The van der Waals surface area contributed by atoms with Crippen LogP contribution in [0.4, 0.5) is 15.2 Å². The van der Waals surface area contributed by atoms with Crippen LogP contribution in [0.2, 0.25) is 0 Å². The summed E-state index contributed by atoms with van der Waals surface area (Å²) in [7, 11) is 1.58. The van der Waals surface area contributed by atoms with Crippen molar-refractivity contribution in [2.24, 2.45) is 0 Å². The van der Waals surface area contributed by atoms with Gasteiger partial charge in [-0.1, -0.05) is 12.1 Å². The summed E-state index contributed by atoms with van der Waals surface area (Å²) in [5.74, 6) is 0.440. The standard InChI is InChI=1S/C21H20FN3O4S2/c1-28-16-8-6-14(7-9-16)23-20(27)13-30-11-15-12-31-21(24-15)25-19(26)10-29-18-5-3-2-4-17(18)22/h2-9,12H,10-11,13H2,1H3,(H,23,27)(H,24,25,26). The maximum absolute atomic E-state index is 13.5. The molecule has 1 heterocycles. The lowest BCUT2D eigenvalue weighted by molar-refractivity contribution is -0.118. The number of nitrogens with zero attached hydrogens (tertiary/aromatic N) is 1. The van der Waals surface area contributed by atoms with Crippen molar-refractivity contribution in [1.29, 1.82) is 0 Å². The second-order valence-electron chi connectivity index (χ2n) is 6.18. The van der Waals surface area contributed by atoms with Gasteiger partial charge in [-0.3, -0.25) is 14.9 Å². The van der Waals surface area contributed by atoms with E-state index < -0.39 is 11.7 Å². The normalized spacial score (nSPS) is 10.4. The van der Waals surface area contributed by atoms with Crippen LogP contribution in [0.5, 0.6) is 11.5 Å². The Hall–Kier alpha value is -3.11. The molecule has 162 valence electrons. The summed E-state index contributed by atoms with van der Waals surface area (Å²) in [5.41, 5.74) is 1.44. The van der Waals surface area contributed by atoms with Gasteiger partial charge >= 0.3 is 0 Å². The van der Waals surface area contributed by atoms with Crippen LogP contribution in [0.1, 0.15) is 5.69 Å². The maximum Gasteiger partial charge on any atom is 0.264 e. The fourth-order valence-electron chi connectivity index (χ4n) is 2.41. The van der Waals surface area contributed by atoms with Crippen molar-refractivity contribution in [3.05, 3.63) is 65.4 Å². The largest absolute Gasteiger partial charge is 0.497 e. The van der Waals surface area contributed by atoms with Crippen LogP contribution >= 0.6 is 23.1 Å². The highest BCUT2D eigenvalue weighted by atomic mass is 32.2. The smallest absolute Gasteiger partial charge is 0.264 e. The van der Waals surface area contributed by atoms with Crippen molar-refractivity contribution < 1.29 is 23.5 Å². The van der Waals surface area contributed by atoms with Gasteiger partial charge in [0, 0.05) is 16.8 Å². The molecule has 10 heteroatoms. The summed E-state index contributed by atoms with van der Waals surface area (Å²) in [4.78, 5) is 28.3. The van der Waals surface area contributed by atoms with E-state index in [1.807, 2.05) is 5.38 Å². The number of anilines is 2. The number of amides is 2. The van der Waals surface area contributed by atoms with E-state index in [2.05, 4.69) is 15.6 Å². The average Bonchev–Trinajstić information content (AvgIpc) is 3.20. The summed E-state index contributed by atoms with van der Waals surface area (Å²) in [5, 5.41) is 7.65. The lowest BCUT2D eigenvalue weighted by atomic mass is 10.3. The van der Waals surface area contributed by atoms with Crippen molar-refractivity contribution >= 4 is 45.7 Å². The molecular formula is C21H20FN3O4S2. The number of thiazole rings is 1. The third-order valence-electron chi connectivity index (χ3n) is 3.85. The molecule has 0 aliphatic heterocycles. The van der Waals surface area contributed by atoms with Crippen LogP contribution in [0.3, 0.4) is 0 Å². The van der Waals surface area contributed by atoms with Crippen molar-refractivity contribution in [3.63, 3.8) is 0 Å². The number of hydrogen-bond acceptors (Lipinski definition) is 7. The lowest BCUT2D eigenvalue weighted by Crippen LogP contribution is -2.20. The second-order valence-corrected chi connectivity index (χ2v) is 8.02. The highest BCUT2D eigenvalue weighted by molar-refractivity contribution is 7.99. The number of rotatable bonds is 10. The van der Waals surface area contributed by atoms with Crippen molar-refractivity contribution in [3.8, 4) is 11.5 Å². The number of nitrogens with one attached hydrogen (secondary N) is 2. The molecule has 0 bridgehead atoms. The van der Waals surface area contributed by atoms with Crippen molar-refractivity contribution in [2.45, 2.75) is 5.75 Å². The van der Waals surface area contributed by atoms with Crippen LogP contribution in [0.15, 0.2) is 53.9 Å². The van der Waals surface area contributed by atoms with E-state index in [-0.39, 0.29) is 24.0 Å². The predicted octanol–water partition coefficient (Wildman–Crippen LogP) is 4.18. The predicted molar refractivity (Wildman–Crippen MR) is 120 cm³/mol. The second kappa shape index (κ2) is 11.3. The highest BCUT2D eigenvalue weighted by Gasteiger charge is 2.10. The molecule has 0 saturated heterocycles. The zero-order valence-corrected chi connectivity index (χ0v) is 18.2. The molecule has 31 heavy (non-hydrogen) atoms. The fourth-order valence-corrected chi connectivity index (χ4v) is 3.96. The van der Waals surface area contributed by atoms with Gasteiger partial charge in [-0.25, -0.2) is 9.37 Å². The van der Waals surface area contributed by atoms with Gasteiger partial charge in [0.05, 0.1) is 18.6 Å². The number of carbonyl (C=O) groups excluding carboxylic acids is 2. The van der Waals surface area contributed by atoms with Crippen LogP contribution in [-0.2, 0) is 15.3 Å². The molecule has 0 spiro atoms. The molecule has 0 saturated carbocycles. The minimum absolute atomic E-state index is 0.0156. The van der Waals surface area contributed by atoms with E-state index >= 15 is 0 Å². The Balaban J connectivity index is 1.37. The van der Waals surface area contributed by atoms with Crippen LogP contribution in [0.25, 0.3) is 0 Å². The fraction of sp³-hybridized carbons (Fsp3) is 0.190. The highest BCUT2D eigenvalue weighted by Crippen LogP contribution is 2.21. The van der Waals surface area contributed by atoms with Gasteiger partial charge in [0.25, 0.3) is 5.91 Å². The SMILES string of the molecule is COc1ccc(NC(=O)CSCc2csc(NC(=O)COc3ccccc3F)n2)cc1. The maximum atomic E-state index is 13.5. The number of aromatic nitrogens is 1. The van der Waals surface area contributed by atoms with E-state index in [0.29, 0.717) is 16.6 Å². The van der Waals surface area contributed by atoms with E-state index in [1.165, 1.54) is 35.2 Å². The molecule has 3 rings (SSSR count). The topological polar surface area (TPSA) is 89.6 Å². The van der Waals surface area contributed by atoms with E-state index in [1.54, 1.807) is 43.5 Å². The first-order valence-corrected chi connectivity index (χ1v) is 11.2. The summed E-state index contributed by atoms with van der Waals surface area (Å²) in [6.07, 6.45) is 0. The molecule has 0 atom stereocenters.